The molecule has 14 heavy (non-hydrogen) atoms. The lowest BCUT2D eigenvalue weighted by Gasteiger charge is -2.23. The van der Waals surface area contributed by atoms with E-state index in [1.807, 2.05) is 5.38 Å². The fourth-order valence-electron chi connectivity index (χ4n) is 1.53. The SMILES string of the molecule is CCCCC(C)(C)c1csc(Br)c1F. The second kappa shape index (κ2) is 4.75. The lowest BCUT2D eigenvalue weighted by atomic mass is 9.81. The van der Waals surface area contributed by atoms with Crippen LogP contribution in [0.15, 0.2) is 9.17 Å². The number of rotatable bonds is 4. The van der Waals surface area contributed by atoms with Gasteiger partial charge in [-0.05, 0) is 33.1 Å². The molecule has 0 atom stereocenters. The highest BCUT2D eigenvalue weighted by Crippen LogP contribution is 2.37. The molecule has 80 valence electrons. The Bertz CT molecular complexity index is 304. The molecular formula is C11H16BrFS. The molecule has 0 nitrogen and oxygen atoms in total. The topological polar surface area (TPSA) is 0 Å². The summed E-state index contributed by atoms with van der Waals surface area (Å²) in [5.41, 5.74) is 0.811. The van der Waals surface area contributed by atoms with E-state index in [0.717, 1.165) is 24.8 Å². The monoisotopic (exact) mass is 278 g/mol. The van der Waals surface area contributed by atoms with E-state index in [4.69, 9.17) is 0 Å². The van der Waals surface area contributed by atoms with Crippen LogP contribution in [0, 0.1) is 5.82 Å². The fraction of sp³-hybridized carbons (Fsp3) is 0.636. The summed E-state index contributed by atoms with van der Waals surface area (Å²) in [6, 6.07) is 0. The second-order valence-corrected chi connectivity index (χ2v) is 6.42. The minimum atomic E-state index is -0.0731. The Labute approximate surface area is 97.7 Å². The predicted molar refractivity (Wildman–Crippen MR) is 64.5 cm³/mol. The Morgan fingerprint density at radius 1 is 1.50 bits per heavy atom. The highest BCUT2D eigenvalue weighted by Gasteiger charge is 2.25. The van der Waals surface area contributed by atoms with Crippen molar-refractivity contribution in [2.75, 3.05) is 0 Å². The lowest BCUT2D eigenvalue weighted by molar-refractivity contribution is 0.435. The van der Waals surface area contributed by atoms with Gasteiger partial charge in [0.25, 0.3) is 0 Å². The molecule has 1 aromatic heterocycles. The number of hydrogen-bond acceptors (Lipinski definition) is 1. The Hall–Kier alpha value is 0.110. The van der Waals surface area contributed by atoms with Gasteiger partial charge in [0.2, 0.25) is 0 Å². The minimum absolute atomic E-state index is 0.0391. The summed E-state index contributed by atoms with van der Waals surface area (Å²) in [4.78, 5) is 0. The molecule has 0 spiro atoms. The smallest absolute Gasteiger partial charge is 0.151 e. The molecule has 0 N–H and O–H groups in total. The highest BCUT2D eigenvalue weighted by molar-refractivity contribution is 9.11. The maximum atomic E-state index is 13.6. The van der Waals surface area contributed by atoms with Crippen LogP contribution in [0.4, 0.5) is 4.39 Å². The van der Waals surface area contributed by atoms with E-state index >= 15 is 0 Å². The molecule has 0 saturated heterocycles. The van der Waals surface area contributed by atoms with Crippen molar-refractivity contribution in [2.45, 2.75) is 45.4 Å². The summed E-state index contributed by atoms with van der Waals surface area (Å²) in [6.45, 7) is 6.39. The van der Waals surface area contributed by atoms with Gasteiger partial charge in [-0.2, -0.15) is 0 Å². The largest absolute Gasteiger partial charge is 0.204 e. The van der Waals surface area contributed by atoms with Crippen LogP contribution in [0.1, 0.15) is 45.6 Å². The van der Waals surface area contributed by atoms with Gasteiger partial charge in [-0.3, -0.25) is 0 Å². The molecule has 0 unspecified atom stereocenters. The molecule has 1 rings (SSSR count). The van der Waals surface area contributed by atoms with Gasteiger partial charge in [0.15, 0.2) is 5.82 Å². The van der Waals surface area contributed by atoms with Crippen molar-refractivity contribution in [3.8, 4) is 0 Å². The molecule has 1 aromatic rings. The molecule has 0 aromatic carbocycles. The first kappa shape index (κ1) is 12.2. The van der Waals surface area contributed by atoms with Crippen LogP contribution in [0.3, 0.4) is 0 Å². The van der Waals surface area contributed by atoms with E-state index in [0.29, 0.717) is 3.79 Å². The Balaban J connectivity index is 2.86. The highest BCUT2D eigenvalue weighted by atomic mass is 79.9. The van der Waals surface area contributed by atoms with E-state index in [9.17, 15) is 4.39 Å². The number of hydrogen-bond donors (Lipinski definition) is 0. The van der Waals surface area contributed by atoms with Crippen molar-refractivity contribution in [1.82, 2.24) is 0 Å². The third kappa shape index (κ3) is 2.57. The molecular weight excluding hydrogens is 263 g/mol. The van der Waals surface area contributed by atoms with Crippen molar-refractivity contribution in [3.63, 3.8) is 0 Å². The first-order valence-corrected chi connectivity index (χ1v) is 6.59. The average molecular weight is 279 g/mol. The third-order valence-electron chi connectivity index (χ3n) is 2.57. The summed E-state index contributed by atoms with van der Waals surface area (Å²) in [6.07, 6.45) is 3.36. The first-order chi connectivity index (χ1) is 6.49. The van der Waals surface area contributed by atoms with Gasteiger partial charge in [0.05, 0.1) is 0 Å². The standard InChI is InChI=1S/C11H16BrFS/c1-4-5-6-11(2,3)8-7-14-10(12)9(8)13/h7H,4-6H2,1-3H3. The third-order valence-corrected chi connectivity index (χ3v) is 4.22. The summed E-state index contributed by atoms with van der Waals surface area (Å²) in [5, 5.41) is 1.93. The molecule has 0 radical (unpaired) electrons. The van der Waals surface area contributed by atoms with E-state index in [-0.39, 0.29) is 11.2 Å². The number of thiophene rings is 1. The van der Waals surface area contributed by atoms with Crippen LogP contribution >= 0.6 is 27.3 Å². The van der Waals surface area contributed by atoms with Crippen molar-refractivity contribution in [3.05, 3.63) is 20.5 Å². The Morgan fingerprint density at radius 2 is 2.14 bits per heavy atom. The van der Waals surface area contributed by atoms with Crippen LogP contribution in [0.5, 0.6) is 0 Å². The maximum absolute atomic E-state index is 13.6. The zero-order valence-electron chi connectivity index (χ0n) is 8.86. The van der Waals surface area contributed by atoms with Gasteiger partial charge >= 0.3 is 0 Å². The van der Waals surface area contributed by atoms with Crippen LogP contribution < -0.4 is 0 Å². The van der Waals surface area contributed by atoms with Crippen molar-refractivity contribution >= 4 is 27.3 Å². The summed E-state index contributed by atoms with van der Waals surface area (Å²) < 4.78 is 14.3. The first-order valence-electron chi connectivity index (χ1n) is 4.92. The van der Waals surface area contributed by atoms with Crippen molar-refractivity contribution in [1.29, 1.82) is 0 Å². The van der Waals surface area contributed by atoms with Crippen molar-refractivity contribution in [2.24, 2.45) is 0 Å². The van der Waals surface area contributed by atoms with Gasteiger partial charge in [-0.15, -0.1) is 11.3 Å². The fourth-order valence-corrected chi connectivity index (χ4v) is 2.88. The summed E-state index contributed by atoms with van der Waals surface area (Å²) >= 11 is 4.65. The second-order valence-electron chi connectivity index (χ2n) is 4.22. The van der Waals surface area contributed by atoms with Gasteiger partial charge in [-0.25, -0.2) is 4.39 Å². The molecule has 0 aliphatic rings. The summed E-state index contributed by atoms with van der Waals surface area (Å²) in [7, 11) is 0. The predicted octanol–water partition coefficient (Wildman–Crippen LogP) is 5.12. The van der Waals surface area contributed by atoms with Crippen LogP contribution in [0.2, 0.25) is 0 Å². The lowest BCUT2D eigenvalue weighted by Crippen LogP contribution is -2.17. The quantitative estimate of drug-likeness (QED) is 0.717. The normalized spacial score (nSPS) is 12.1. The van der Waals surface area contributed by atoms with Gasteiger partial charge in [0, 0.05) is 5.56 Å². The summed E-state index contributed by atoms with van der Waals surface area (Å²) in [5.74, 6) is -0.0731. The van der Waals surface area contributed by atoms with Gasteiger partial charge in [0.1, 0.15) is 3.79 Å². The maximum Gasteiger partial charge on any atom is 0.151 e. The van der Waals surface area contributed by atoms with Crippen molar-refractivity contribution < 1.29 is 4.39 Å². The molecule has 0 fully saturated rings. The molecule has 0 bridgehead atoms. The number of halogens is 2. The Kier molecular flexibility index (Phi) is 4.14. The number of unbranched alkanes of at least 4 members (excludes halogenated alkanes) is 1. The zero-order valence-corrected chi connectivity index (χ0v) is 11.3. The minimum Gasteiger partial charge on any atom is -0.204 e. The van der Waals surface area contributed by atoms with Crippen LogP contribution in [0.25, 0.3) is 0 Å². The van der Waals surface area contributed by atoms with E-state index < -0.39 is 0 Å². The molecule has 0 saturated carbocycles. The van der Waals surface area contributed by atoms with Gasteiger partial charge in [-0.1, -0.05) is 33.6 Å². The van der Waals surface area contributed by atoms with Gasteiger partial charge < -0.3 is 0 Å². The van der Waals surface area contributed by atoms with E-state index in [1.165, 1.54) is 11.3 Å². The molecule has 0 aliphatic heterocycles. The molecule has 1 heterocycles. The van der Waals surface area contributed by atoms with Crippen LogP contribution in [-0.4, -0.2) is 0 Å². The van der Waals surface area contributed by atoms with Crippen LogP contribution in [-0.2, 0) is 5.41 Å². The van der Waals surface area contributed by atoms with E-state index in [1.54, 1.807) is 0 Å². The molecule has 0 aliphatic carbocycles. The molecule has 0 amide bonds. The van der Waals surface area contributed by atoms with E-state index in [2.05, 4.69) is 36.7 Å². The average Bonchev–Trinajstić information content (AvgIpc) is 2.45. The zero-order chi connectivity index (χ0) is 10.8. The Morgan fingerprint density at radius 3 is 2.57 bits per heavy atom. The molecule has 3 heteroatoms.